The highest BCUT2D eigenvalue weighted by molar-refractivity contribution is 7.89. The molecule has 0 aliphatic rings. The third-order valence-corrected chi connectivity index (χ3v) is 5.10. The number of guanidine groups is 1. The van der Waals surface area contributed by atoms with Gasteiger partial charge < -0.3 is 15.4 Å². The van der Waals surface area contributed by atoms with Crippen molar-refractivity contribution >= 4 is 16.0 Å². The average Bonchev–Trinajstić information content (AvgIpc) is 2.70. The van der Waals surface area contributed by atoms with Crippen molar-refractivity contribution in [1.82, 2.24) is 15.4 Å². The number of rotatable bonds is 9. The van der Waals surface area contributed by atoms with Crippen LogP contribution < -0.4 is 20.1 Å². The largest absolute Gasteiger partial charge is 0.492 e. The molecular formula is C19H26N4O3S. The predicted molar refractivity (Wildman–Crippen MR) is 107 cm³/mol. The van der Waals surface area contributed by atoms with E-state index in [9.17, 15) is 8.42 Å². The van der Waals surface area contributed by atoms with Gasteiger partial charge >= 0.3 is 0 Å². The zero-order valence-corrected chi connectivity index (χ0v) is 16.4. The van der Waals surface area contributed by atoms with Gasteiger partial charge in [0, 0.05) is 6.54 Å². The number of benzene rings is 2. The summed E-state index contributed by atoms with van der Waals surface area (Å²) in [5.74, 6) is 1.51. The lowest BCUT2D eigenvalue weighted by Crippen LogP contribution is -2.39. The van der Waals surface area contributed by atoms with Crippen LogP contribution in [0.4, 0.5) is 0 Å². The number of hydrogen-bond donors (Lipinski definition) is 3. The number of sulfonamides is 1. The first-order valence-corrected chi connectivity index (χ1v) is 10.3. The fourth-order valence-electron chi connectivity index (χ4n) is 2.26. The van der Waals surface area contributed by atoms with Gasteiger partial charge in [-0.1, -0.05) is 30.3 Å². The summed E-state index contributed by atoms with van der Waals surface area (Å²) in [5.41, 5.74) is 0.919. The first kappa shape index (κ1) is 20.7. The number of ether oxygens (including phenoxy) is 1. The van der Waals surface area contributed by atoms with Crippen molar-refractivity contribution in [3.8, 4) is 5.75 Å². The Bertz CT molecular complexity index is 822. The SMILES string of the molecule is CCNC(=NCc1ccc(S(=O)(=O)NC)cc1)NCCOc1ccccc1. The molecule has 0 radical (unpaired) electrons. The Morgan fingerprint density at radius 2 is 1.74 bits per heavy atom. The zero-order chi connectivity index (χ0) is 19.5. The molecule has 2 rings (SSSR count). The van der Waals surface area contributed by atoms with Crippen LogP contribution in [0.1, 0.15) is 12.5 Å². The van der Waals surface area contributed by atoms with Gasteiger partial charge in [-0.15, -0.1) is 0 Å². The monoisotopic (exact) mass is 390 g/mol. The van der Waals surface area contributed by atoms with E-state index in [1.54, 1.807) is 24.3 Å². The second-order valence-electron chi connectivity index (χ2n) is 5.63. The van der Waals surface area contributed by atoms with Gasteiger partial charge in [-0.2, -0.15) is 0 Å². The number of nitrogens with zero attached hydrogens (tertiary/aromatic N) is 1. The summed E-state index contributed by atoms with van der Waals surface area (Å²) < 4.78 is 31.4. The Morgan fingerprint density at radius 3 is 2.37 bits per heavy atom. The summed E-state index contributed by atoms with van der Waals surface area (Å²) in [4.78, 5) is 4.75. The van der Waals surface area contributed by atoms with Gasteiger partial charge in [-0.05, 0) is 43.8 Å². The Hall–Kier alpha value is -2.58. The lowest BCUT2D eigenvalue weighted by molar-refractivity contribution is 0.322. The van der Waals surface area contributed by atoms with Gasteiger partial charge in [-0.3, -0.25) is 0 Å². The molecule has 2 aromatic rings. The fourth-order valence-corrected chi connectivity index (χ4v) is 2.99. The highest BCUT2D eigenvalue weighted by Crippen LogP contribution is 2.11. The average molecular weight is 391 g/mol. The van der Waals surface area contributed by atoms with Crippen LogP contribution in [0.25, 0.3) is 0 Å². The Kier molecular flexibility index (Phi) is 8.09. The van der Waals surface area contributed by atoms with Crippen LogP contribution in [0, 0.1) is 0 Å². The van der Waals surface area contributed by atoms with E-state index >= 15 is 0 Å². The Balaban J connectivity index is 1.87. The number of hydrogen-bond acceptors (Lipinski definition) is 4. The summed E-state index contributed by atoms with van der Waals surface area (Å²) in [6.45, 7) is 4.31. The molecule has 146 valence electrons. The molecule has 2 aromatic carbocycles. The molecule has 0 aliphatic heterocycles. The van der Waals surface area contributed by atoms with Gasteiger partial charge in [0.05, 0.1) is 18.0 Å². The molecule has 0 aliphatic carbocycles. The normalized spacial score (nSPS) is 11.9. The van der Waals surface area contributed by atoms with Crippen molar-refractivity contribution in [1.29, 1.82) is 0 Å². The van der Waals surface area contributed by atoms with Crippen LogP contribution in [0.5, 0.6) is 5.75 Å². The van der Waals surface area contributed by atoms with Crippen LogP contribution in [0.3, 0.4) is 0 Å². The van der Waals surface area contributed by atoms with Crippen molar-refractivity contribution in [3.05, 3.63) is 60.2 Å². The maximum atomic E-state index is 11.7. The van der Waals surface area contributed by atoms with Crippen LogP contribution in [0.2, 0.25) is 0 Å². The summed E-state index contributed by atoms with van der Waals surface area (Å²) in [6.07, 6.45) is 0. The smallest absolute Gasteiger partial charge is 0.240 e. The van der Waals surface area contributed by atoms with Crippen LogP contribution in [-0.4, -0.2) is 41.1 Å². The molecule has 0 amide bonds. The van der Waals surface area contributed by atoms with E-state index in [4.69, 9.17) is 4.74 Å². The third-order valence-electron chi connectivity index (χ3n) is 3.67. The van der Waals surface area contributed by atoms with Crippen molar-refractivity contribution in [3.63, 3.8) is 0 Å². The van der Waals surface area contributed by atoms with Crippen LogP contribution in [0.15, 0.2) is 64.5 Å². The highest BCUT2D eigenvalue weighted by atomic mass is 32.2. The third kappa shape index (κ3) is 6.92. The van der Waals surface area contributed by atoms with E-state index in [1.807, 2.05) is 37.3 Å². The summed E-state index contributed by atoms with van der Waals surface area (Å²) in [6, 6.07) is 16.3. The lowest BCUT2D eigenvalue weighted by Gasteiger charge is -2.12. The second-order valence-corrected chi connectivity index (χ2v) is 7.52. The minimum Gasteiger partial charge on any atom is -0.492 e. The van der Waals surface area contributed by atoms with Gasteiger partial charge in [0.2, 0.25) is 10.0 Å². The molecule has 3 N–H and O–H groups in total. The molecule has 0 atom stereocenters. The number of nitrogens with one attached hydrogen (secondary N) is 3. The summed E-state index contributed by atoms with van der Waals surface area (Å²) in [7, 11) is -2.02. The molecule has 0 aromatic heterocycles. The Morgan fingerprint density at radius 1 is 1.04 bits per heavy atom. The zero-order valence-electron chi connectivity index (χ0n) is 15.6. The molecular weight excluding hydrogens is 364 g/mol. The maximum Gasteiger partial charge on any atom is 0.240 e. The number of aliphatic imine (C=N–C) groups is 1. The number of para-hydroxylation sites is 1. The first-order chi connectivity index (χ1) is 13.0. The van der Waals surface area contributed by atoms with E-state index < -0.39 is 10.0 Å². The molecule has 7 nitrogen and oxygen atoms in total. The molecule has 0 heterocycles. The van der Waals surface area contributed by atoms with Gasteiger partial charge in [0.1, 0.15) is 12.4 Å². The quantitative estimate of drug-likeness (QED) is 0.345. The molecule has 0 unspecified atom stereocenters. The second kappa shape index (κ2) is 10.5. The standard InChI is InChI=1S/C19H26N4O3S/c1-3-21-19(22-13-14-26-17-7-5-4-6-8-17)23-15-16-9-11-18(12-10-16)27(24,25)20-2/h4-12,20H,3,13-15H2,1-2H3,(H2,21,22,23). The van der Waals surface area contributed by atoms with Crippen molar-refractivity contribution in [2.75, 3.05) is 26.7 Å². The molecule has 0 spiro atoms. The summed E-state index contributed by atoms with van der Waals surface area (Å²) in [5, 5.41) is 6.39. The van der Waals surface area contributed by atoms with Crippen LogP contribution >= 0.6 is 0 Å². The van der Waals surface area contributed by atoms with Gasteiger partial charge in [0.15, 0.2) is 5.96 Å². The molecule has 0 bridgehead atoms. The fraction of sp³-hybridized carbons (Fsp3) is 0.316. The molecule has 0 saturated heterocycles. The first-order valence-electron chi connectivity index (χ1n) is 8.77. The Labute approximate surface area is 160 Å². The van der Waals surface area contributed by atoms with Crippen LogP contribution in [-0.2, 0) is 16.6 Å². The molecule has 0 saturated carbocycles. The van der Waals surface area contributed by atoms with E-state index in [2.05, 4.69) is 20.3 Å². The minimum atomic E-state index is -3.42. The summed E-state index contributed by atoms with van der Waals surface area (Å²) >= 11 is 0. The van der Waals surface area contributed by atoms with Gasteiger partial charge in [-0.25, -0.2) is 18.1 Å². The maximum absolute atomic E-state index is 11.7. The van der Waals surface area contributed by atoms with Crippen molar-refractivity contribution < 1.29 is 13.2 Å². The molecule has 27 heavy (non-hydrogen) atoms. The van der Waals surface area contributed by atoms with Crippen molar-refractivity contribution in [2.24, 2.45) is 4.99 Å². The van der Waals surface area contributed by atoms with E-state index in [0.717, 1.165) is 17.9 Å². The van der Waals surface area contributed by atoms with Crippen molar-refractivity contribution in [2.45, 2.75) is 18.4 Å². The van der Waals surface area contributed by atoms with E-state index in [-0.39, 0.29) is 4.90 Å². The predicted octanol–water partition coefficient (Wildman–Crippen LogP) is 1.73. The lowest BCUT2D eigenvalue weighted by atomic mass is 10.2. The minimum absolute atomic E-state index is 0.237. The topological polar surface area (TPSA) is 91.8 Å². The van der Waals surface area contributed by atoms with E-state index in [1.165, 1.54) is 7.05 Å². The highest BCUT2D eigenvalue weighted by Gasteiger charge is 2.10. The molecule has 0 fully saturated rings. The van der Waals surface area contributed by atoms with Gasteiger partial charge in [0.25, 0.3) is 0 Å². The molecule has 8 heteroatoms. The van der Waals surface area contributed by atoms with E-state index in [0.29, 0.717) is 25.7 Å².